The number of β-lactam (4-membered cyclic amide) rings is 1. The smallest absolute Gasteiger partial charge is 0.229 e. The van der Waals surface area contributed by atoms with Crippen LogP contribution in [0.1, 0.15) is 30.0 Å². The first kappa shape index (κ1) is 21.7. The summed E-state index contributed by atoms with van der Waals surface area (Å²) in [5, 5.41) is 17.8. The molecule has 0 aliphatic carbocycles. The molecule has 1 saturated heterocycles. The number of oxime groups is 1. The van der Waals surface area contributed by atoms with Gasteiger partial charge in [-0.2, -0.15) is 0 Å². The summed E-state index contributed by atoms with van der Waals surface area (Å²) in [6.07, 6.45) is -0.898. The first-order valence-corrected chi connectivity index (χ1v) is 12.0. The van der Waals surface area contributed by atoms with E-state index in [1.807, 2.05) is 61.5 Å². The van der Waals surface area contributed by atoms with E-state index in [1.54, 1.807) is 11.8 Å². The Labute approximate surface area is 197 Å². The lowest BCUT2D eigenvalue weighted by Gasteiger charge is -2.46. The number of nitrogens with one attached hydrogen (secondary N) is 1. The summed E-state index contributed by atoms with van der Waals surface area (Å²) in [7, 11) is 0. The minimum absolute atomic E-state index is 0.156. The number of aliphatic hydroxyl groups is 1. The summed E-state index contributed by atoms with van der Waals surface area (Å²) in [6.45, 7) is 1.87. The third kappa shape index (κ3) is 3.94. The highest BCUT2D eigenvalue weighted by atomic mass is 32.2. The molecule has 1 amide bonds. The van der Waals surface area contributed by atoms with Crippen molar-refractivity contribution in [3.05, 3.63) is 108 Å². The Bertz CT molecular complexity index is 1040. The molecule has 2 aliphatic rings. The number of aliphatic hydroxyl groups excluding tert-OH is 1. The molecule has 0 saturated carbocycles. The average molecular weight is 459 g/mol. The van der Waals surface area contributed by atoms with Crippen LogP contribution < -0.4 is 5.32 Å². The van der Waals surface area contributed by atoms with Gasteiger partial charge in [-0.15, -0.1) is 11.8 Å². The number of hydrogen-bond donors (Lipinski definition) is 2. The second-order valence-electron chi connectivity index (χ2n) is 8.52. The van der Waals surface area contributed by atoms with Crippen molar-refractivity contribution < 1.29 is 14.7 Å². The lowest BCUT2D eigenvalue weighted by Crippen LogP contribution is -2.63. The fourth-order valence-corrected chi connectivity index (χ4v) is 6.46. The number of benzene rings is 3. The summed E-state index contributed by atoms with van der Waals surface area (Å²) in [5.41, 5.74) is 4.16. The van der Waals surface area contributed by atoms with Crippen LogP contribution in [-0.2, 0) is 14.4 Å². The molecule has 2 aliphatic heterocycles. The molecule has 0 spiro atoms. The van der Waals surface area contributed by atoms with Gasteiger partial charge in [0.2, 0.25) is 5.91 Å². The maximum Gasteiger partial charge on any atom is 0.229 e. The molecular formula is C27H26N2O3S. The zero-order chi connectivity index (χ0) is 22.8. The Kier molecular flexibility index (Phi) is 5.96. The van der Waals surface area contributed by atoms with E-state index in [9.17, 15) is 9.90 Å². The molecule has 1 fully saturated rings. The lowest BCUT2D eigenvalue weighted by atomic mass is 9.84. The summed E-state index contributed by atoms with van der Waals surface area (Å²) < 4.78 is -0.580. The third-order valence-electron chi connectivity index (χ3n) is 6.35. The maximum absolute atomic E-state index is 12.6. The second kappa shape index (κ2) is 9.04. The Balaban J connectivity index is 1.57. The van der Waals surface area contributed by atoms with Crippen LogP contribution in [0.2, 0.25) is 0 Å². The van der Waals surface area contributed by atoms with Crippen molar-refractivity contribution in [1.82, 2.24) is 5.32 Å². The van der Waals surface area contributed by atoms with Crippen molar-refractivity contribution >= 4 is 23.4 Å². The highest BCUT2D eigenvalue weighted by Crippen LogP contribution is 2.52. The fourth-order valence-electron chi connectivity index (χ4n) is 4.66. The molecule has 0 radical (unpaired) electrons. The van der Waals surface area contributed by atoms with Gasteiger partial charge in [0.25, 0.3) is 0 Å². The molecule has 2 N–H and O–H groups in total. The molecule has 0 bridgehead atoms. The first-order chi connectivity index (χ1) is 16.1. The third-order valence-corrected chi connectivity index (χ3v) is 8.07. The van der Waals surface area contributed by atoms with Gasteiger partial charge in [-0.25, -0.2) is 0 Å². The van der Waals surface area contributed by atoms with Gasteiger partial charge < -0.3 is 15.3 Å². The number of carbonyl (C=O) groups is 1. The predicted octanol–water partition coefficient (Wildman–Crippen LogP) is 4.31. The van der Waals surface area contributed by atoms with Crippen LogP contribution in [-0.4, -0.2) is 34.3 Å². The van der Waals surface area contributed by atoms with Gasteiger partial charge in [0.1, 0.15) is 6.10 Å². The molecule has 3 aromatic carbocycles. The molecular weight excluding hydrogens is 432 g/mol. The van der Waals surface area contributed by atoms with Gasteiger partial charge in [0, 0.05) is 6.42 Å². The van der Waals surface area contributed by atoms with E-state index >= 15 is 0 Å². The van der Waals surface area contributed by atoms with Crippen LogP contribution in [0.5, 0.6) is 0 Å². The van der Waals surface area contributed by atoms with Crippen LogP contribution in [0.4, 0.5) is 0 Å². The molecule has 5 rings (SSSR count). The van der Waals surface area contributed by atoms with Crippen LogP contribution >= 0.6 is 11.8 Å². The topological polar surface area (TPSA) is 70.9 Å². The van der Waals surface area contributed by atoms with Crippen LogP contribution in [0, 0.1) is 5.92 Å². The average Bonchev–Trinajstić information content (AvgIpc) is 3.30. The van der Waals surface area contributed by atoms with E-state index in [0.717, 1.165) is 22.4 Å². The van der Waals surface area contributed by atoms with Crippen LogP contribution in [0.25, 0.3) is 0 Å². The second-order valence-corrected chi connectivity index (χ2v) is 9.87. The standard InChI is InChI=1S/C27H26N2O3S/c1-18-17-22(32-29-18)24(30)23-25(31)28-26(23)33-27(19-11-5-2-6-12-19,20-13-7-3-8-14-20)21-15-9-4-10-16-21/h2-16,22-24,26,30H,17H2,1H3,(H,28,31)/t22?,23-,24?,26+/m0/s1. The molecule has 2 unspecified atom stereocenters. The van der Waals surface area contributed by atoms with E-state index in [2.05, 4.69) is 46.9 Å². The Morgan fingerprint density at radius 2 is 1.42 bits per heavy atom. The molecule has 4 atom stereocenters. The highest BCUT2D eigenvalue weighted by molar-refractivity contribution is 8.01. The zero-order valence-electron chi connectivity index (χ0n) is 18.3. The SMILES string of the molecule is CC1=NOC(C(O)[C@H]2C(=O)N[C@@H]2SC(c2ccccc2)(c2ccccc2)c2ccccc2)C1. The molecule has 2 heterocycles. The van der Waals surface area contributed by atoms with E-state index in [0.29, 0.717) is 6.42 Å². The van der Waals surface area contributed by atoms with Gasteiger partial charge in [0.05, 0.1) is 21.8 Å². The lowest BCUT2D eigenvalue weighted by molar-refractivity contribution is -0.143. The summed E-state index contributed by atoms with van der Waals surface area (Å²) in [6, 6.07) is 31.0. The molecule has 33 heavy (non-hydrogen) atoms. The van der Waals surface area contributed by atoms with Crippen molar-refractivity contribution in [2.45, 2.75) is 35.7 Å². The minimum Gasteiger partial charge on any atom is -0.389 e. The number of rotatable bonds is 7. The van der Waals surface area contributed by atoms with Crippen molar-refractivity contribution in [3.63, 3.8) is 0 Å². The van der Waals surface area contributed by atoms with E-state index in [1.165, 1.54) is 0 Å². The van der Waals surface area contributed by atoms with Crippen molar-refractivity contribution in [3.8, 4) is 0 Å². The number of carbonyl (C=O) groups excluding carboxylic acids is 1. The Morgan fingerprint density at radius 3 is 1.82 bits per heavy atom. The zero-order valence-corrected chi connectivity index (χ0v) is 19.1. The highest BCUT2D eigenvalue weighted by Gasteiger charge is 2.52. The monoisotopic (exact) mass is 458 g/mol. The fraction of sp³-hybridized carbons (Fsp3) is 0.259. The van der Waals surface area contributed by atoms with Gasteiger partial charge in [0.15, 0.2) is 6.10 Å². The van der Waals surface area contributed by atoms with Crippen molar-refractivity contribution in [2.75, 3.05) is 0 Å². The Hall–Kier alpha value is -3.09. The normalized spacial score (nSPS) is 23.2. The predicted molar refractivity (Wildman–Crippen MR) is 131 cm³/mol. The summed E-state index contributed by atoms with van der Waals surface area (Å²) >= 11 is 1.65. The Morgan fingerprint density at radius 1 is 0.939 bits per heavy atom. The van der Waals surface area contributed by atoms with Gasteiger partial charge in [-0.3, -0.25) is 4.79 Å². The van der Waals surface area contributed by atoms with E-state index < -0.39 is 22.9 Å². The van der Waals surface area contributed by atoms with Crippen molar-refractivity contribution in [1.29, 1.82) is 0 Å². The number of amides is 1. The quantitative estimate of drug-likeness (QED) is 0.409. The first-order valence-electron chi connectivity index (χ1n) is 11.1. The van der Waals surface area contributed by atoms with Crippen LogP contribution in [0.15, 0.2) is 96.2 Å². The molecule has 0 aromatic heterocycles. The summed E-state index contributed by atoms with van der Waals surface area (Å²) in [5.74, 6) is -0.743. The summed E-state index contributed by atoms with van der Waals surface area (Å²) in [4.78, 5) is 18.1. The number of hydrogen-bond acceptors (Lipinski definition) is 5. The van der Waals surface area contributed by atoms with Gasteiger partial charge >= 0.3 is 0 Å². The minimum atomic E-state index is -0.933. The van der Waals surface area contributed by atoms with Gasteiger partial charge in [-0.05, 0) is 23.6 Å². The largest absolute Gasteiger partial charge is 0.389 e. The van der Waals surface area contributed by atoms with Gasteiger partial charge in [-0.1, -0.05) is 96.2 Å². The number of nitrogens with zero attached hydrogens (tertiary/aromatic N) is 1. The van der Waals surface area contributed by atoms with Crippen molar-refractivity contribution in [2.24, 2.45) is 11.1 Å². The maximum atomic E-state index is 12.6. The van der Waals surface area contributed by atoms with E-state index in [4.69, 9.17) is 4.84 Å². The molecule has 3 aromatic rings. The van der Waals surface area contributed by atoms with Crippen LogP contribution in [0.3, 0.4) is 0 Å². The molecule has 5 nitrogen and oxygen atoms in total. The van der Waals surface area contributed by atoms with E-state index in [-0.39, 0.29) is 11.3 Å². The molecule has 6 heteroatoms. The molecule has 168 valence electrons. The number of thioether (sulfide) groups is 1.